The minimum atomic E-state index is 0.354. The average molecular weight is 355 g/mol. The Bertz CT molecular complexity index is 602. The van der Waals surface area contributed by atoms with E-state index in [1.165, 1.54) is 10.5 Å². The van der Waals surface area contributed by atoms with Crippen molar-refractivity contribution >= 4 is 45.0 Å². The summed E-state index contributed by atoms with van der Waals surface area (Å²) in [7, 11) is 0. The SMILES string of the molecule is Clc1ccc(Br)c(NC2CCSc3ccccc32)c1. The first-order chi connectivity index (χ1) is 9.24. The largest absolute Gasteiger partial charge is 0.377 e. The second-order valence-corrected chi connectivity index (χ2v) is 6.92. The molecule has 4 heteroatoms. The van der Waals surface area contributed by atoms with E-state index in [1.807, 2.05) is 30.0 Å². The molecule has 3 rings (SSSR count). The minimum absolute atomic E-state index is 0.354. The number of nitrogens with one attached hydrogen (secondary N) is 1. The molecule has 1 N–H and O–H groups in total. The molecule has 0 saturated carbocycles. The molecule has 0 saturated heterocycles. The molecule has 1 atom stereocenters. The van der Waals surface area contributed by atoms with Crippen LogP contribution in [0.4, 0.5) is 5.69 Å². The first-order valence-corrected chi connectivity index (χ1v) is 8.33. The highest BCUT2D eigenvalue weighted by Crippen LogP contribution is 2.39. The van der Waals surface area contributed by atoms with Crippen LogP contribution in [0.1, 0.15) is 18.0 Å². The molecule has 2 aromatic carbocycles. The van der Waals surface area contributed by atoms with E-state index < -0.39 is 0 Å². The van der Waals surface area contributed by atoms with Gasteiger partial charge in [0.1, 0.15) is 0 Å². The van der Waals surface area contributed by atoms with Crippen LogP contribution in [0.2, 0.25) is 5.02 Å². The number of anilines is 1. The van der Waals surface area contributed by atoms with Crippen LogP contribution in [0.3, 0.4) is 0 Å². The van der Waals surface area contributed by atoms with E-state index in [0.29, 0.717) is 6.04 Å². The van der Waals surface area contributed by atoms with Gasteiger partial charge in [0.15, 0.2) is 0 Å². The zero-order valence-electron chi connectivity index (χ0n) is 10.2. The molecule has 0 spiro atoms. The number of benzene rings is 2. The van der Waals surface area contributed by atoms with Crippen LogP contribution < -0.4 is 5.32 Å². The third-order valence-electron chi connectivity index (χ3n) is 3.22. The smallest absolute Gasteiger partial charge is 0.0533 e. The van der Waals surface area contributed by atoms with E-state index in [0.717, 1.165) is 27.4 Å². The van der Waals surface area contributed by atoms with Crippen LogP contribution in [-0.4, -0.2) is 5.75 Å². The molecule has 0 radical (unpaired) electrons. The van der Waals surface area contributed by atoms with Gasteiger partial charge in [-0.3, -0.25) is 0 Å². The maximum Gasteiger partial charge on any atom is 0.0533 e. The fourth-order valence-corrected chi connectivity index (χ4v) is 3.95. The Kier molecular flexibility index (Phi) is 4.06. The Labute approximate surface area is 130 Å². The molecule has 0 bridgehead atoms. The Morgan fingerprint density at radius 1 is 1.21 bits per heavy atom. The van der Waals surface area contributed by atoms with Crippen LogP contribution in [0.15, 0.2) is 51.8 Å². The molecule has 98 valence electrons. The second-order valence-electron chi connectivity index (χ2n) is 4.50. The number of thioether (sulfide) groups is 1. The van der Waals surface area contributed by atoms with Crippen molar-refractivity contribution in [3.05, 3.63) is 57.5 Å². The fourth-order valence-electron chi connectivity index (χ4n) is 2.29. The predicted octanol–water partition coefficient (Wildman–Crippen LogP) is 5.75. The molecule has 19 heavy (non-hydrogen) atoms. The monoisotopic (exact) mass is 353 g/mol. The van der Waals surface area contributed by atoms with Crippen molar-refractivity contribution in [3.63, 3.8) is 0 Å². The maximum atomic E-state index is 6.07. The summed E-state index contributed by atoms with van der Waals surface area (Å²) in [5.41, 5.74) is 2.44. The number of hydrogen-bond acceptors (Lipinski definition) is 2. The van der Waals surface area contributed by atoms with Crippen LogP contribution >= 0.6 is 39.3 Å². The summed E-state index contributed by atoms with van der Waals surface area (Å²) >= 11 is 11.6. The van der Waals surface area contributed by atoms with Gasteiger partial charge in [-0.1, -0.05) is 29.8 Å². The first kappa shape index (κ1) is 13.3. The van der Waals surface area contributed by atoms with Crippen molar-refractivity contribution in [2.24, 2.45) is 0 Å². The average Bonchev–Trinajstić information content (AvgIpc) is 2.43. The molecule has 2 aromatic rings. The zero-order valence-corrected chi connectivity index (χ0v) is 13.4. The third kappa shape index (κ3) is 2.93. The van der Waals surface area contributed by atoms with Gasteiger partial charge in [0.05, 0.1) is 11.7 Å². The van der Waals surface area contributed by atoms with E-state index in [9.17, 15) is 0 Å². The van der Waals surface area contributed by atoms with Gasteiger partial charge in [0, 0.05) is 20.1 Å². The van der Waals surface area contributed by atoms with Crippen LogP contribution in [0.25, 0.3) is 0 Å². The van der Waals surface area contributed by atoms with Crippen molar-refractivity contribution < 1.29 is 0 Å². The molecule has 0 aliphatic carbocycles. The Morgan fingerprint density at radius 2 is 2.05 bits per heavy atom. The molecule has 0 amide bonds. The third-order valence-corrected chi connectivity index (χ3v) is 5.27. The van der Waals surface area contributed by atoms with E-state index in [1.54, 1.807) is 0 Å². The fraction of sp³-hybridized carbons (Fsp3) is 0.200. The lowest BCUT2D eigenvalue weighted by atomic mass is 10.0. The van der Waals surface area contributed by atoms with Crippen molar-refractivity contribution in [2.45, 2.75) is 17.4 Å². The van der Waals surface area contributed by atoms with E-state index in [2.05, 4.69) is 45.5 Å². The zero-order chi connectivity index (χ0) is 13.2. The molecular formula is C15H13BrClNS. The molecule has 1 heterocycles. The summed E-state index contributed by atoms with van der Waals surface area (Å²) in [4.78, 5) is 1.38. The standard InChI is InChI=1S/C15H13BrClNS/c16-12-6-5-10(17)9-14(12)18-13-7-8-19-15-4-2-1-3-11(13)15/h1-6,9,13,18H,7-8H2. The van der Waals surface area contributed by atoms with Crippen molar-refractivity contribution in [1.29, 1.82) is 0 Å². The molecule has 1 aliphatic heterocycles. The lowest BCUT2D eigenvalue weighted by Crippen LogP contribution is -2.16. The number of halogens is 2. The van der Waals surface area contributed by atoms with Gasteiger partial charge in [-0.15, -0.1) is 11.8 Å². The summed E-state index contributed by atoms with van der Waals surface area (Å²) in [6, 6.07) is 14.8. The molecule has 0 aromatic heterocycles. The Balaban J connectivity index is 1.90. The van der Waals surface area contributed by atoms with Crippen LogP contribution in [0.5, 0.6) is 0 Å². The molecule has 1 unspecified atom stereocenters. The van der Waals surface area contributed by atoms with Crippen LogP contribution in [-0.2, 0) is 0 Å². The van der Waals surface area contributed by atoms with Crippen molar-refractivity contribution in [1.82, 2.24) is 0 Å². The summed E-state index contributed by atoms with van der Waals surface area (Å²) in [6.07, 6.45) is 1.13. The first-order valence-electron chi connectivity index (χ1n) is 6.17. The lowest BCUT2D eigenvalue weighted by Gasteiger charge is -2.27. The normalized spacial score (nSPS) is 17.9. The summed E-state index contributed by atoms with van der Waals surface area (Å²) in [5, 5.41) is 4.36. The van der Waals surface area contributed by atoms with Crippen molar-refractivity contribution in [2.75, 3.05) is 11.1 Å². The second kappa shape index (κ2) is 5.78. The van der Waals surface area contributed by atoms with Gasteiger partial charge in [0.2, 0.25) is 0 Å². The quantitative estimate of drug-likeness (QED) is 0.736. The van der Waals surface area contributed by atoms with Gasteiger partial charge >= 0.3 is 0 Å². The summed E-state index contributed by atoms with van der Waals surface area (Å²) < 4.78 is 1.05. The van der Waals surface area contributed by atoms with E-state index >= 15 is 0 Å². The van der Waals surface area contributed by atoms with Gasteiger partial charge in [0.25, 0.3) is 0 Å². The van der Waals surface area contributed by atoms with Gasteiger partial charge in [-0.25, -0.2) is 0 Å². The number of fused-ring (bicyclic) bond motifs is 1. The van der Waals surface area contributed by atoms with Gasteiger partial charge < -0.3 is 5.32 Å². The topological polar surface area (TPSA) is 12.0 Å². The predicted molar refractivity (Wildman–Crippen MR) is 87.3 cm³/mol. The summed E-state index contributed by atoms with van der Waals surface area (Å²) in [5.74, 6) is 1.15. The number of hydrogen-bond donors (Lipinski definition) is 1. The van der Waals surface area contributed by atoms with Crippen LogP contribution in [0, 0.1) is 0 Å². The highest BCUT2D eigenvalue weighted by atomic mass is 79.9. The van der Waals surface area contributed by atoms with Gasteiger partial charge in [-0.05, 0) is 52.2 Å². The molecule has 1 nitrogen and oxygen atoms in total. The molecular weight excluding hydrogens is 342 g/mol. The van der Waals surface area contributed by atoms with E-state index in [-0.39, 0.29) is 0 Å². The highest BCUT2D eigenvalue weighted by molar-refractivity contribution is 9.10. The maximum absolute atomic E-state index is 6.07. The Morgan fingerprint density at radius 3 is 2.95 bits per heavy atom. The molecule has 1 aliphatic rings. The highest BCUT2D eigenvalue weighted by Gasteiger charge is 2.20. The van der Waals surface area contributed by atoms with E-state index in [4.69, 9.17) is 11.6 Å². The lowest BCUT2D eigenvalue weighted by molar-refractivity contribution is 0.728. The Hall–Kier alpha value is -0.640. The number of rotatable bonds is 2. The summed E-state index contributed by atoms with van der Waals surface area (Å²) in [6.45, 7) is 0. The molecule has 0 fully saturated rings. The van der Waals surface area contributed by atoms with Crippen molar-refractivity contribution in [3.8, 4) is 0 Å². The minimum Gasteiger partial charge on any atom is -0.377 e. The van der Waals surface area contributed by atoms with Gasteiger partial charge in [-0.2, -0.15) is 0 Å².